The fourth-order valence-electron chi connectivity index (χ4n) is 4.91. The highest BCUT2D eigenvalue weighted by atomic mass is 32.2. The Labute approximate surface area is 214 Å². The lowest BCUT2D eigenvalue weighted by Gasteiger charge is -2.33. The van der Waals surface area contributed by atoms with Gasteiger partial charge in [0.15, 0.2) is 10.9 Å². The van der Waals surface area contributed by atoms with Crippen molar-refractivity contribution in [2.24, 2.45) is 11.3 Å². The van der Waals surface area contributed by atoms with Crippen molar-refractivity contribution >= 4 is 39.1 Å². The Morgan fingerprint density at radius 2 is 1.83 bits per heavy atom. The molecule has 4 aromatic rings. The minimum Gasteiger partial charge on any atom is -0.293 e. The number of Topliss-reactive ketones (excluding diaryl/α,β-unsaturated/α-hetero) is 1. The van der Waals surface area contributed by atoms with E-state index in [2.05, 4.69) is 20.8 Å². The summed E-state index contributed by atoms with van der Waals surface area (Å²) >= 11 is 3.01. The Hall–Kier alpha value is -2.70. The number of fused-ring (bicyclic) bond motifs is 3. The van der Waals surface area contributed by atoms with E-state index in [4.69, 9.17) is 4.98 Å². The predicted molar refractivity (Wildman–Crippen MR) is 146 cm³/mol. The maximum atomic E-state index is 14.1. The molecule has 1 aliphatic rings. The number of hydrogen-bond acceptors (Lipinski definition) is 5. The second-order valence-corrected chi connectivity index (χ2v) is 12.4. The van der Waals surface area contributed by atoms with E-state index in [1.165, 1.54) is 22.2 Å². The summed E-state index contributed by atoms with van der Waals surface area (Å²) < 4.78 is 1.73. The van der Waals surface area contributed by atoms with Crippen molar-refractivity contribution < 1.29 is 4.79 Å². The first-order chi connectivity index (χ1) is 16.7. The van der Waals surface area contributed by atoms with Crippen molar-refractivity contribution in [2.45, 2.75) is 52.1 Å². The number of thiophene rings is 1. The van der Waals surface area contributed by atoms with Gasteiger partial charge in [-0.25, -0.2) is 4.98 Å². The van der Waals surface area contributed by atoms with Crippen molar-refractivity contribution in [3.63, 3.8) is 0 Å². The molecule has 0 radical (unpaired) electrons. The van der Waals surface area contributed by atoms with Crippen LogP contribution in [0.2, 0.25) is 0 Å². The van der Waals surface area contributed by atoms with Gasteiger partial charge in [-0.3, -0.25) is 14.2 Å². The number of carbonyl (C=O) groups excluding carboxylic acids is 1. The molecule has 0 bridgehead atoms. The van der Waals surface area contributed by atoms with E-state index < -0.39 is 0 Å². The maximum Gasteiger partial charge on any atom is 0.267 e. The van der Waals surface area contributed by atoms with E-state index in [0.717, 1.165) is 40.7 Å². The highest BCUT2D eigenvalue weighted by molar-refractivity contribution is 7.99. The lowest BCUT2D eigenvalue weighted by molar-refractivity contribution is 0.102. The number of nitrogens with zero attached hydrogens (tertiary/aromatic N) is 2. The number of thioether (sulfide) groups is 1. The third kappa shape index (κ3) is 4.62. The minimum atomic E-state index is -0.0225. The normalized spacial score (nSPS) is 15.8. The Bertz CT molecular complexity index is 1460. The molecular formula is C29H30N2O2S2. The highest BCUT2D eigenvalue weighted by Crippen LogP contribution is 2.42. The first-order valence-electron chi connectivity index (χ1n) is 12.1. The summed E-state index contributed by atoms with van der Waals surface area (Å²) in [7, 11) is 0. The zero-order valence-corrected chi connectivity index (χ0v) is 22.3. The molecule has 1 atom stereocenters. The molecule has 1 unspecified atom stereocenters. The molecule has 0 fully saturated rings. The van der Waals surface area contributed by atoms with Crippen LogP contribution in [0.1, 0.15) is 53.6 Å². The summed E-state index contributed by atoms with van der Waals surface area (Å²) in [6, 6.07) is 17.2. The highest BCUT2D eigenvalue weighted by Gasteiger charge is 2.32. The molecule has 2 aromatic carbocycles. The van der Waals surface area contributed by atoms with Gasteiger partial charge in [0.1, 0.15) is 4.83 Å². The van der Waals surface area contributed by atoms with Gasteiger partial charge in [-0.2, -0.15) is 0 Å². The van der Waals surface area contributed by atoms with Crippen LogP contribution in [0.3, 0.4) is 0 Å². The van der Waals surface area contributed by atoms with Crippen LogP contribution in [-0.2, 0) is 12.8 Å². The lowest BCUT2D eigenvalue weighted by atomic mass is 9.72. The average molecular weight is 503 g/mol. The molecule has 1 aliphatic carbocycles. The van der Waals surface area contributed by atoms with Gasteiger partial charge >= 0.3 is 0 Å². The number of ketones is 1. The van der Waals surface area contributed by atoms with Crippen molar-refractivity contribution in [2.75, 3.05) is 5.75 Å². The minimum absolute atomic E-state index is 0.0225. The molecule has 0 N–H and O–H groups in total. The SMILES string of the molecule is Cc1ccccc1-n1c(SCC(=O)c2ccccc2)nc2sc3c(c2c1=O)CCC(C(C)(C)C)C3. The van der Waals surface area contributed by atoms with Crippen LogP contribution >= 0.6 is 23.1 Å². The summed E-state index contributed by atoms with van der Waals surface area (Å²) in [6.07, 6.45) is 3.01. The van der Waals surface area contributed by atoms with Gasteiger partial charge in [0.25, 0.3) is 5.56 Å². The molecule has 5 rings (SSSR count). The molecule has 2 aromatic heterocycles. The van der Waals surface area contributed by atoms with Crippen molar-refractivity contribution in [1.29, 1.82) is 0 Å². The largest absolute Gasteiger partial charge is 0.293 e. The topological polar surface area (TPSA) is 52.0 Å². The van der Waals surface area contributed by atoms with Crippen molar-refractivity contribution in [3.05, 3.63) is 86.5 Å². The van der Waals surface area contributed by atoms with Crippen LogP contribution in [0.15, 0.2) is 64.5 Å². The molecule has 0 spiro atoms. The summed E-state index contributed by atoms with van der Waals surface area (Å²) in [5.74, 6) is 0.851. The summed E-state index contributed by atoms with van der Waals surface area (Å²) in [6.45, 7) is 8.92. The van der Waals surface area contributed by atoms with Crippen LogP contribution in [0.5, 0.6) is 0 Å². The maximum absolute atomic E-state index is 14.1. The zero-order valence-electron chi connectivity index (χ0n) is 20.6. The van der Waals surface area contributed by atoms with Gasteiger partial charge in [-0.15, -0.1) is 11.3 Å². The van der Waals surface area contributed by atoms with Crippen molar-refractivity contribution in [3.8, 4) is 5.69 Å². The summed E-state index contributed by atoms with van der Waals surface area (Å²) in [4.78, 5) is 34.0. The van der Waals surface area contributed by atoms with Gasteiger partial charge in [-0.05, 0) is 54.7 Å². The van der Waals surface area contributed by atoms with Crippen molar-refractivity contribution in [1.82, 2.24) is 9.55 Å². The molecule has 4 nitrogen and oxygen atoms in total. The van der Waals surface area contributed by atoms with Crippen LogP contribution in [-0.4, -0.2) is 21.1 Å². The molecule has 0 saturated heterocycles. The molecule has 0 saturated carbocycles. The second kappa shape index (κ2) is 9.40. The molecule has 35 heavy (non-hydrogen) atoms. The molecule has 180 valence electrons. The van der Waals surface area contributed by atoms with Crippen LogP contribution in [0, 0.1) is 18.3 Å². The fraction of sp³-hybridized carbons (Fsp3) is 0.345. The van der Waals surface area contributed by atoms with E-state index >= 15 is 0 Å². The van der Waals surface area contributed by atoms with Gasteiger partial charge < -0.3 is 0 Å². The summed E-state index contributed by atoms with van der Waals surface area (Å²) in [5, 5.41) is 1.34. The van der Waals surface area contributed by atoms with Gasteiger partial charge in [-0.1, -0.05) is 81.1 Å². The van der Waals surface area contributed by atoms with E-state index in [1.54, 1.807) is 15.9 Å². The molecule has 0 amide bonds. The standard InChI is InChI=1S/C29H30N2O2S2/c1-18-10-8-9-13-22(18)31-27(33)25-21-15-14-20(29(2,3)4)16-24(21)35-26(25)30-28(31)34-17-23(32)19-11-6-5-7-12-19/h5-13,20H,14-17H2,1-4H3. The fourth-order valence-corrected chi connectivity index (χ4v) is 7.15. The zero-order chi connectivity index (χ0) is 24.7. The molecule has 0 aliphatic heterocycles. The predicted octanol–water partition coefficient (Wildman–Crippen LogP) is 6.88. The Balaban J connectivity index is 1.62. The third-order valence-electron chi connectivity index (χ3n) is 7.06. The second-order valence-electron chi connectivity index (χ2n) is 10.4. The Morgan fingerprint density at radius 1 is 1.11 bits per heavy atom. The van der Waals surface area contributed by atoms with E-state index in [9.17, 15) is 9.59 Å². The Kier molecular flexibility index (Phi) is 6.45. The number of carbonyl (C=O) groups is 1. The first kappa shape index (κ1) is 24.0. The number of aromatic nitrogens is 2. The molecular weight excluding hydrogens is 472 g/mol. The van der Waals surface area contributed by atoms with Crippen LogP contribution < -0.4 is 5.56 Å². The van der Waals surface area contributed by atoms with Gasteiger partial charge in [0, 0.05) is 10.4 Å². The van der Waals surface area contributed by atoms with E-state index in [-0.39, 0.29) is 22.5 Å². The average Bonchev–Trinajstić information content (AvgIpc) is 3.21. The van der Waals surface area contributed by atoms with Crippen LogP contribution in [0.4, 0.5) is 0 Å². The molecule has 6 heteroatoms. The number of aryl methyl sites for hydroxylation is 2. The van der Waals surface area contributed by atoms with Gasteiger partial charge in [0.2, 0.25) is 0 Å². The van der Waals surface area contributed by atoms with E-state index in [1.807, 2.05) is 61.5 Å². The Morgan fingerprint density at radius 3 is 2.54 bits per heavy atom. The van der Waals surface area contributed by atoms with E-state index in [0.29, 0.717) is 16.6 Å². The number of benzene rings is 2. The number of para-hydroxylation sites is 1. The third-order valence-corrected chi connectivity index (χ3v) is 9.15. The lowest BCUT2D eigenvalue weighted by Crippen LogP contribution is -2.27. The van der Waals surface area contributed by atoms with Gasteiger partial charge in [0.05, 0.1) is 16.8 Å². The summed E-state index contributed by atoms with van der Waals surface area (Å²) in [5.41, 5.74) is 3.90. The monoisotopic (exact) mass is 502 g/mol. The molecule has 2 heterocycles. The quantitative estimate of drug-likeness (QED) is 0.170. The first-order valence-corrected chi connectivity index (χ1v) is 13.9. The van der Waals surface area contributed by atoms with Crippen LogP contribution in [0.25, 0.3) is 15.9 Å². The number of rotatable bonds is 5. The number of hydrogen-bond donors (Lipinski definition) is 0. The smallest absolute Gasteiger partial charge is 0.267 e.